The van der Waals surface area contributed by atoms with Gasteiger partial charge in [0.2, 0.25) is 0 Å². The fraction of sp³-hybridized carbons (Fsp3) is 0.923. The molecule has 108 valence electrons. The SMILES string of the molecule is CCCNCc1nnnn1CCOC1CCCCC1. The molecule has 1 aromatic rings. The summed E-state index contributed by atoms with van der Waals surface area (Å²) in [5.41, 5.74) is 0. The Morgan fingerprint density at radius 3 is 2.95 bits per heavy atom. The van der Waals surface area contributed by atoms with Crippen molar-refractivity contribution in [3.05, 3.63) is 5.82 Å². The Bertz CT molecular complexity index is 349. The van der Waals surface area contributed by atoms with Gasteiger partial charge in [-0.05, 0) is 36.2 Å². The second-order valence-electron chi connectivity index (χ2n) is 5.13. The number of hydrogen-bond acceptors (Lipinski definition) is 5. The number of aromatic nitrogens is 4. The second-order valence-corrected chi connectivity index (χ2v) is 5.13. The molecular weight excluding hydrogens is 242 g/mol. The summed E-state index contributed by atoms with van der Waals surface area (Å²) in [7, 11) is 0. The van der Waals surface area contributed by atoms with E-state index in [-0.39, 0.29) is 0 Å². The first-order valence-electron chi connectivity index (χ1n) is 7.47. The molecule has 0 aromatic carbocycles. The van der Waals surface area contributed by atoms with Gasteiger partial charge in [-0.25, -0.2) is 4.68 Å². The zero-order valence-electron chi connectivity index (χ0n) is 11.8. The third-order valence-electron chi connectivity index (χ3n) is 3.52. The van der Waals surface area contributed by atoms with Gasteiger partial charge in [0.1, 0.15) is 0 Å². The average Bonchev–Trinajstić information content (AvgIpc) is 2.88. The second kappa shape index (κ2) is 8.22. The predicted molar refractivity (Wildman–Crippen MR) is 72.6 cm³/mol. The van der Waals surface area contributed by atoms with E-state index < -0.39 is 0 Å². The van der Waals surface area contributed by atoms with E-state index in [1.54, 1.807) is 0 Å². The number of nitrogens with zero attached hydrogens (tertiary/aromatic N) is 4. The third-order valence-corrected chi connectivity index (χ3v) is 3.52. The Kier molecular flexibility index (Phi) is 6.23. The van der Waals surface area contributed by atoms with Crippen molar-refractivity contribution in [2.45, 2.75) is 64.6 Å². The maximum atomic E-state index is 5.90. The van der Waals surface area contributed by atoms with Crippen molar-refractivity contribution in [2.24, 2.45) is 0 Å². The highest BCUT2D eigenvalue weighted by Gasteiger charge is 2.13. The van der Waals surface area contributed by atoms with Crippen molar-refractivity contribution in [1.82, 2.24) is 25.5 Å². The average molecular weight is 267 g/mol. The number of ether oxygens (including phenoxy) is 1. The molecule has 6 nitrogen and oxygen atoms in total. The van der Waals surface area contributed by atoms with Crippen LogP contribution in [0.4, 0.5) is 0 Å². The lowest BCUT2D eigenvalue weighted by molar-refractivity contribution is 0.0223. The molecule has 1 aliphatic rings. The van der Waals surface area contributed by atoms with Crippen LogP contribution in [0.5, 0.6) is 0 Å². The number of tetrazole rings is 1. The standard InChI is InChI=1S/C13H25N5O/c1-2-8-14-11-13-15-16-17-18(13)9-10-19-12-6-4-3-5-7-12/h12,14H,2-11H2,1H3. The van der Waals surface area contributed by atoms with Crippen molar-refractivity contribution in [2.75, 3.05) is 13.2 Å². The highest BCUT2D eigenvalue weighted by molar-refractivity contribution is 4.79. The summed E-state index contributed by atoms with van der Waals surface area (Å²) in [4.78, 5) is 0. The monoisotopic (exact) mass is 267 g/mol. The minimum absolute atomic E-state index is 0.451. The van der Waals surface area contributed by atoms with Gasteiger partial charge in [0.25, 0.3) is 0 Å². The number of nitrogens with one attached hydrogen (secondary N) is 1. The van der Waals surface area contributed by atoms with Crippen LogP contribution in [0, 0.1) is 0 Å². The predicted octanol–water partition coefficient (Wildman–Crippen LogP) is 1.52. The Morgan fingerprint density at radius 1 is 1.32 bits per heavy atom. The van der Waals surface area contributed by atoms with Crippen molar-refractivity contribution in [3.63, 3.8) is 0 Å². The molecule has 0 amide bonds. The van der Waals surface area contributed by atoms with Crippen LogP contribution >= 0.6 is 0 Å². The smallest absolute Gasteiger partial charge is 0.165 e. The molecule has 19 heavy (non-hydrogen) atoms. The van der Waals surface area contributed by atoms with Gasteiger partial charge in [-0.15, -0.1) is 5.10 Å². The topological polar surface area (TPSA) is 64.9 Å². The van der Waals surface area contributed by atoms with E-state index in [1.165, 1.54) is 32.1 Å². The van der Waals surface area contributed by atoms with Gasteiger partial charge in [-0.1, -0.05) is 26.2 Å². The van der Waals surface area contributed by atoms with Crippen molar-refractivity contribution >= 4 is 0 Å². The summed E-state index contributed by atoms with van der Waals surface area (Å²) in [6.07, 6.45) is 7.96. The molecule has 0 radical (unpaired) electrons. The van der Waals surface area contributed by atoms with E-state index in [0.717, 1.165) is 31.9 Å². The molecule has 2 rings (SSSR count). The molecule has 0 spiro atoms. The molecule has 0 bridgehead atoms. The molecule has 0 unspecified atom stereocenters. The van der Waals surface area contributed by atoms with Crippen molar-refractivity contribution < 1.29 is 4.74 Å². The Balaban J connectivity index is 1.68. The van der Waals surface area contributed by atoms with Crippen LogP contribution < -0.4 is 5.32 Å². The lowest BCUT2D eigenvalue weighted by Crippen LogP contribution is -2.22. The van der Waals surface area contributed by atoms with E-state index in [1.807, 2.05) is 4.68 Å². The van der Waals surface area contributed by atoms with Gasteiger partial charge in [0.05, 0.1) is 25.8 Å². The molecule has 6 heteroatoms. The van der Waals surface area contributed by atoms with E-state index in [9.17, 15) is 0 Å². The molecule has 1 aliphatic carbocycles. The normalized spacial score (nSPS) is 16.9. The van der Waals surface area contributed by atoms with E-state index in [4.69, 9.17) is 4.74 Å². The van der Waals surface area contributed by atoms with Gasteiger partial charge in [-0.2, -0.15) is 0 Å². The first-order chi connectivity index (χ1) is 9.40. The van der Waals surface area contributed by atoms with Gasteiger partial charge in [0, 0.05) is 0 Å². The minimum Gasteiger partial charge on any atom is -0.376 e. The third kappa shape index (κ3) is 4.87. The van der Waals surface area contributed by atoms with Gasteiger partial charge in [0.15, 0.2) is 5.82 Å². The number of rotatable bonds is 8. The van der Waals surface area contributed by atoms with Gasteiger partial charge < -0.3 is 10.1 Å². The number of hydrogen-bond donors (Lipinski definition) is 1. The van der Waals surface area contributed by atoms with Gasteiger partial charge >= 0.3 is 0 Å². The minimum atomic E-state index is 0.451. The largest absolute Gasteiger partial charge is 0.376 e. The van der Waals surface area contributed by atoms with Crippen LogP contribution in [0.15, 0.2) is 0 Å². The first-order valence-corrected chi connectivity index (χ1v) is 7.47. The van der Waals surface area contributed by atoms with E-state index in [0.29, 0.717) is 12.7 Å². The van der Waals surface area contributed by atoms with Crippen molar-refractivity contribution in [3.8, 4) is 0 Å². The van der Waals surface area contributed by atoms with Crippen LogP contribution in [0.25, 0.3) is 0 Å². The van der Waals surface area contributed by atoms with Crippen LogP contribution in [-0.2, 0) is 17.8 Å². The lowest BCUT2D eigenvalue weighted by Gasteiger charge is -2.21. The Hall–Kier alpha value is -1.01. The van der Waals surface area contributed by atoms with Crippen LogP contribution in [0.2, 0.25) is 0 Å². The van der Waals surface area contributed by atoms with Crippen LogP contribution in [0.1, 0.15) is 51.3 Å². The Labute approximate surface area is 114 Å². The molecule has 1 saturated carbocycles. The fourth-order valence-electron chi connectivity index (χ4n) is 2.44. The summed E-state index contributed by atoms with van der Waals surface area (Å²) in [6.45, 7) is 5.31. The molecule has 1 aromatic heterocycles. The summed E-state index contributed by atoms with van der Waals surface area (Å²) in [5.74, 6) is 0.890. The Morgan fingerprint density at radius 2 is 2.16 bits per heavy atom. The maximum Gasteiger partial charge on any atom is 0.165 e. The zero-order valence-corrected chi connectivity index (χ0v) is 11.8. The molecule has 1 fully saturated rings. The van der Waals surface area contributed by atoms with E-state index in [2.05, 4.69) is 27.8 Å². The molecule has 0 saturated heterocycles. The molecular formula is C13H25N5O. The maximum absolute atomic E-state index is 5.90. The zero-order chi connectivity index (χ0) is 13.3. The quantitative estimate of drug-likeness (QED) is 0.723. The lowest BCUT2D eigenvalue weighted by atomic mass is 9.98. The highest BCUT2D eigenvalue weighted by atomic mass is 16.5. The fourth-order valence-corrected chi connectivity index (χ4v) is 2.44. The molecule has 1 heterocycles. The molecule has 1 N–H and O–H groups in total. The summed E-state index contributed by atoms with van der Waals surface area (Å²) < 4.78 is 7.74. The van der Waals surface area contributed by atoms with Crippen LogP contribution in [0.3, 0.4) is 0 Å². The molecule has 0 aliphatic heterocycles. The summed E-state index contributed by atoms with van der Waals surface area (Å²) >= 11 is 0. The van der Waals surface area contributed by atoms with Crippen molar-refractivity contribution in [1.29, 1.82) is 0 Å². The highest BCUT2D eigenvalue weighted by Crippen LogP contribution is 2.20. The van der Waals surface area contributed by atoms with Crippen LogP contribution in [-0.4, -0.2) is 39.5 Å². The molecule has 0 atom stereocenters. The van der Waals surface area contributed by atoms with E-state index >= 15 is 0 Å². The summed E-state index contributed by atoms with van der Waals surface area (Å²) in [5, 5.41) is 15.1. The first kappa shape index (κ1) is 14.4. The summed E-state index contributed by atoms with van der Waals surface area (Å²) in [6, 6.07) is 0. The van der Waals surface area contributed by atoms with Gasteiger partial charge in [-0.3, -0.25) is 0 Å².